The fourth-order valence-corrected chi connectivity index (χ4v) is 8.59. The number of hydrogen-bond acceptors (Lipinski definition) is 7. The summed E-state index contributed by atoms with van der Waals surface area (Å²) in [5, 5.41) is 9.98. The molecule has 0 unspecified atom stereocenters. The molecule has 3 saturated heterocycles. The molecule has 2 aromatic carbocycles. The van der Waals surface area contributed by atoms with Crippen LogP contribution in [-0.2, 0) is 11.2 Å². The maximum absolute atomic E-state index is 16.7. The van der Waals surface area contributed by atoms with Gasteiger partial charge in [0.05, 0.1) is 24.1 Å². The minimum absolute atomic E-state index is 0.00547. The predicted octanol–water partition coefficient (Wildman–Crippen LogP) is 5.46. The van der Waals surface area contributed by atoms with Gasteiger partial charge in [0, 0.05) is 43.5 Å². The molecule has 5 atom stereocenters. The monoisotopic (exact) mass is 628 g/mol. The number of alkyl halides is 1. The number of rotatable bonds is 7. The lowest BCUT2D eigenvalue weighted by atomic mass is 9.93. The van der Waals surface area contributed by atoms with Gasteiger partial charge >= 0.3 is 6.01 Å². The van der Waals surface area contributed by atoms with E-state index in [-0.39, 0.29) is 44.2 Å². The van der Waals surface area contributed by atoms with Crippen molar-refractivity contribution in [1.82, 2.24) is 19.8 Å². The van der Waals surface area contributed by atoms with Crippen molar-refractivity contribution in [1.29, 1.82) is 5.26 Å². The van der Waals surface area contributed by atoms with Crippen LogP contribution in [0.4, 0.5) is 19.0 Å². The highest BCUT2D eigenvalue weighted by molar-refractivity contribution is 5.94. The van der Waals surface area contributed by atoms with Crippen LogP contribution in [0.1, 0.15) is 49.1 Å². The molecule has 5 aliphatic rings. The van der Waals surface area contributed by atoms with Gasteiger partial charge in [-0.15, -0.1) is 0 Å². The molecule has 1 aromatic heterocycles. The molecule has 0 radical (unpaired) electrons. The van der Waals surface area contributed by atoms with Crippen LogP contribution in [0.25, 0.3) is 22.0 Å². The molecule has 4 heterocycles. The lowest BCUT2D eigenvalue weighted by Crippen LogP contribution is -2.55. The summed E-state index contributed by atoms with van der Waals surface area (Å²) in [6, 6.07) is 11.2. The number of amides is 1. The van der Waals surface area contributed by atoms with Crippen molar-refractivity contribution in [2.45, 2.75) is 62.2 Å². The van der Waals surface area contributed by atoms with Gasteiger partial charge in [-0.05, 0) is 66.8 Å². The zero-order chi connectivity index (χ0) is 31.7. The number of aromatic nitrogens is 2. The summed E-state index contributed by atoms with van der Waals surface area (Å²) in [6.07, 6.45) is 3.32. The minimum Gasteiger partial charge on any atom is -0.461 e. The van der Waals surface area contributed by atoms with Crippen LogP contribution in [0.5, 0.6) is 6.01 Å². The molecule has 46 heavy (non-hydrogen) atoms. The van der Waals surface area contributed by atoms with Gasteiger partial charge in [-0.25, -0.2) is 13.2 Å². The lowest BCUT2D eigenvalue weighted by Gasteiger charge is -2.41. The van der Waals surface area contributed by atoms with Gasteiger partial charge in [-0.1, -0.05) is 30.8 Å². The molecule has 8 rings (SSSR count). The summed E-state index contributed by atoms with van der Waals surface area (Å²) in [5.74, 6) is -0.770. The molecule has 0 bridgehead atoms. The molecule has 11 heteroatoms. The van der Waals surface area contributed by atoms with Crippen LogP contribution in [-0.4, -0.2) is 82.8 Å². The van der Waals surface area contributed by atoms with Gasteiger partial charge in [0.15, 0.2) is 11.6 Å². The first-order valence-electron chi connectivity index (χ1n) is 16.2. The molecular weight excluding hydrogens is 593 g/mol. The van der Waals surface area contributed by atoms with Crippen LogP contribution >= 0.6 is 0 Å². The first kappa shape index (κ1) is 29.2. The van der Waals surface area contributed by atoms with E-state index in [4.69, 9.17) is 9.72 Å². The van der Waals surface area contributed by atoms with Crippen molar-refractivity contribution in [3.05, 3.63) is 59.7 Å². The van der Waals surface area contributed by atoms with Gasteiger partial charge in [0.2, 0.25) is 0 Å². The Bertz CT molecular complexity index is 1810. The van der Waals surface area contributed by atoms with E-state index in [2.05, 4.69) is 28.6 Å². The number of fused-ring (bicyclic) bond motifs is 5. The fourth-order valence-electron chi connectivity index (χ4n) is 8.59. The summed E-state index contributed by atoms with van der Waals surface area (Å²) < 4.78 is 51.3. The number of ether oxygens (including phenoxy) is 1. The van der Waals surface area contributed by atoms with Crippen molar-refractivity contribution in [3.8, 4) is 23.2 Å². The van der Waals surface area contributed by atoms with Gasteiger partial charge < -0.3 is 14.5 Å². The Morgan fingerprint density at radius 1 is 1.15 bits per heavy atom. The van der Waals surface area contributed by atoms with Crippen molar-refractivity contribution in [2.24, 2.45) is 5.92 Å². The van der Waals surface area contributed by atoms with Crippen molar-refractivity contribution in [2.75, 3.05) is 44.2 Å². The Labute approximate surface area is 265 Å². The molecule has 1 saturated carbocycles. The van der Waals surface area contributed by atoms with Crippen molar-refractivity contribution >= 4 is 22.6 Å². The second kappa shape index (κ2) is 11.0. The second-order valence-electron chi connectivity index (χ2n) is 13.6. The minimum atomic E-state index is -1.08. The molecule has 0 spiro atoms. The zero-order valence-corrected chi connectivity index (χ0v) is 25.5. The van der Waals surface area contributed by atoms with E-state index in [1.807, 2.05) is 23.1 Å². The quantitative estimate of drug-likeness (QED) is 0.321. The maximum Gasteiger partial charge on any atom is 0.319 e. The van der Waals surface area contributed by atoms with Gasteiger partial charge in [0.1, 0.15) is 24.1 Å². The maximum atomic E-state index is 16.7. The molecule has 3 aromatic rings. The highest BCUT2D eigenvalue weighted by atomic mass is 19.1. The van der Waals surface area contributed by atoms with Gasteiger partial charge in [0.25, 0.3) is 5.91 Å². The Balaban J connectivity index is 1.19. The largest absolute Gasteiger partial charge is 0.461 e. The van der Waals surface area contributed by atoms with Crippen LogP contribution in [0, 0.1) is 23.1 Å². The first-order chi connectivity index (χ1) is 22.3. The Morgan fingerprint density at radius 2 is 2.02 bits per heavy atom. The third-order valence-electron chi connectivity index (χ3n) is 10.9. The van der Waals surface area contributed by atoms with Gasteiger partial charge in [-0.2, -0.15) is 15.2 Å². The smallest absolute Gasteiger partial charge is 0.319 e. The normalized spacial score (nSPS) is 28.1. The number of carbonyl (C=O) groups is 1. The number of piperazine rings is 1. The number of benzene rings is 2. The number of nitrogens with zero attached hydrogens (tertiary/aromatic N) is 6. The average molecular weight is 629 g/mol. The number of anilines is 1. The van der Waals surface area contributed by atoms with E-state index in [9.17, 15) is 18.8 Å². The van der Waals surface area contributed by atoms with Crippen LogP contribution in [0.3, 0.4) is 0 Å². The number of carbonyl (C=O) groups excluding carboxylic acids is 1. The molecule has 3 aliphatic heterocycles. The summed E-state index contributed by atoms with van der Waals surface area (Å²) in [4.78, 5) is 27.3. The Morgan fingerprint density at radius 3 is 2.85 bits per heavy atom. The molecule has 1 amide bonds. The molecule has 0 N–H and O–H groups in total. The SMILES string of the molecule is C=C(F)C(=O)N1CCN(c2nc(OC[C@@]34CCCN3C[C@H](F)C4)nc3c(F)c(-c4cccc5c4C[C@H]4C[C@@H]54)ccc23)C[C@@H]1CC#N. The van der Waals surface area contributed by atoms with Crippen molar-refractivity contribution < 1.29 is 22.7 Å². The number of hydrogen-bond donors (Lipinski definition) is 0. The van der Waals surface area contributed by atoms with E-state index < -0.39 is 35.3 Å². The topological polar surface area (TPSA) is 85.6 Å². The van der Waals surface area contributed by atoms with Crippen LogP contribution < -0.4 is 9.64 Å². The summed E-state index contributed by atoms with van der Waals surface area (Å²) in [6.45, 7) is 5.10. The highest BCUT2D eigenvalue weighted by Crippen LogP contribution is 2.58. The Hall–Kier alpha value is -4.17. The predicted molar refractivity (Wildman–Crippen MR) is 166 cm³/mol. The van der Waals surface area contributed by atoms with E-state index in [0.717, 1.165) is 31.4 Å². The molecular formula is C35H35F3N6O2. The van der Waals surface area contributed by atoms with E-state index in [0.29, 0.717) is 41.6 Å². The average Bonchev–Trinajstić information content (AvgIpc) is 3.39. The summed E-state index contributed by atoms with van der Waals surface area (Å²) in [5.41, 5.74) is 3.52. The molecule has 4 fully saturated rings. The van der Waals surface area contributed by atoms with E-state index in [1.54, 1.807) is 6.07 Å². The standard InChI is InChI=1S/C35H35F3N6O2/c1-20(36)33(45)44-13-12-42(18-23(44)8-10-39)32-27-7-6-26(24-4-2-5-25-28-14-21(28)15-29(24)25)30(38)31(27)40-34(41-32)46-19-35-9-3-11-43(35)17-22(37)16-35/h2,4-7,21-23,28H,1,3,8-9,11-19H2/t21-,22-,23+,28-,35+/m1/s1. The second-order valence-corrected chi connectivity index (χ2v) is 13.6. The fraction of sp³-hybridized carbons (Fsp3) is 0.486. The number of halogens is 3. The Kier molecular flexibility index (Phi) is 6.98. The summed E-state index contributed by atoms with van der Waals surface area (Å²) in [7, 11) is 0. The van der Waals surface area contributed by atoms with Crippen LogP contribution in [0.2, 0.25) is 0 Å². The molecule has 8 nitrogen and oxygen atoms in total. The van der Waals surface area contributed by atoms with Crippen molar-refractivity contribution in [3.63, 3.8) is 0 Å². The third kappa shape index (κ3) is 4.72. The first-order valence-corrected chi connectivity index (χ1v) is 16.2. The number of nitriles is 1. The van der Waals surface area contributed by atoms with E-state index in [1.165, 1.54) is 22.4 Å². The third-order valence-corrected chi connectivity index (χ3v) is 10.9. The zero-order valence-electron chi connectivity index (χ0n) is 25.5. The molecule has 238 valence electrons. The van der Waals surface area contributed by atoms with E-state index >= 15 is 4.39 Å². The van der Waals surface area contributed by atoms with Crippen LogP contribution in [0.15, 0.2) is 42.7 Å². The molecule has 2 aliphatic carbocycles. The highest BCUT2D eigenvalue weighted by Gasteiger charge is 2.49. The van der Waals surface area contributed by atoms with Gasteiger partial charge in [-0.3, -0.25) is 9.69 Å². The summed E-state index contributed by atoms with van der Waals surface area (Å²) >= 11 is 0. The lowest BCUT2D eigenvalue weighted by molar-refractivity contribution is -0.131.